The van der Waals surface area contributed by atoms with Crippen molar-refractivity contribution in [1.29, 1.82) is 0 Å². The molecular weight excluding hydrogens is 411 g/mol. The van der Waals surface area contributed by atoms with Gasteiger partial charge in [0.25, 0.3) is 5.91 Å². The molecule has 0 aliphatic carbocycles. The van der Waals surface area contributed by atoms with Gasteiger partial charge in [-0.2, -0.15) is 13.2 Å². The summed E-state index contributed by atoms with van der Waals surface area (Å²) in [4.78, 5) is 39.5. The second-order valence-electron chi connectivity index (χ2n) is 7.55. The van der Waals surface area contributed by atoms with Crippen LogP contribution in [0.5, 0.6) is 0 Å². The average Bonchev–Trinajstić information content (AvgIpc) is 3.37. The van der Waals surface area contributed by atoms with Crippen molar-refractivity contribution in [1.82, 2.24) is 0 Å². The van der Waals surface area contributed by atoms with Crippen LogP contribution >= 0.6 is 0 Å². The van der Waals surface area contributed by atoms with E-state index in [9.17, 15) is 27.6 Å². The van der Waals surface area contributed by atoms with E-state index in [1.54, 1.807) is 0 Å². The highest BCUT2D eigenvalue weighted by Gasteiger charge is 2.32. The molecule has 9 heteroatoms. The molecular formula is C22H20F3N3O3. The first-order valence-electron chi connectivity index (χ1n) is 9.97. The number of nitrogens with one attached hydrogen (secondary N) is 1. The fourth-order valence-electron chi connectivity index (χ4n) is 3.87. The molecule has 31 heavy (non-hydrogen) atoms. The Hall–Kier alpha value is -3.36. The summed E-state index contributed by atoms with van der Waals surface area (Å²) in [7, 11) is 0. The Morgan fingerprint density at radius 1 is 0.903 bits per heavy atom. The van der Waals surface area contributed by atoms with E-state index in [4.69, 9.17) is 0 Å². The van der Waals surface area contributed by atoms with E-state index in [0.29, 0.717) is 24.5 Å². The van der Waals surface area contributed by atoms with Crippen LogP contribution in [0, 0.1) is 0 Å². The van der Waals surface area contributed by atoms with Crippen molar-refractivity contribution in [2.45, 2.75) is 31.9 Å². The Morgan fingerprint density at radius 3 is 2.10 bits per heavy atom. The summed E-state index contributed by atoms with van der Waals surface area (Å²) in [6.45, 7) is 1.42. The standard InChI is InChI=1S/C22H20F3N3O3/c23-22(24,25)15-5-8-18(27-11-1-2-12-27)17(13-15)26-21(31)14-3-6-16(7-4-14)28-19(29)9-10-20(28)30/h3-8,13H,1-2,9-12H2,(H,26,31). The first-order valence-corrected chi connectivity index (χ1v) is 9.97. The third-order valence-corrected chi connectivity index (χ3v) is 5.46. The topological polar surface area (TPSA) is 69.7 Å². The number of imide groups is 1. The van der Waals surface area contributed by atoms with Gasteiger partial charge in [0, 0.05) is 31.5 Å². The van der Waals surface area contributed by atoms with Crippen LogP contribution in [0.2, 0.25) is 0 Å². The molecule has 2 aromatic rings. The van der Waals surface area contributed by atoms with Crippen LogP contribution in [0.1, 0.15) is 41.6 Å². The quantitative estimate of drug-likeness (QED) is 0.737. The molecule has 2 fully saturated rings. The summed E-state index contributed by atoms with van der Waals surface area (Å²) >= 11 is 0. The Kier molecular flexibility index (Phi) is 5.43. The Labute approximate surface area is 176 Å². The molecule has 2 aliphatic heterocycles. The maximum absolute atomic E-state index is 13.2. The minimum Gasteiger partial charge on any atom is -0.370 e. The summed E-state index contributed by atoms with van der Waals surface area (Å²) in [5, 5.41) is 2.59. The summed E-state index contributed by atoms with van der Waals surface area (Å²) in [6.07, 6.45) is -2.36. The molecule has 162 valence electrons. The number of benzene rings is 2. The third-order valence-electron chi connectivity index (χ3n) is 5.46. The molecule has 4 rings (SSSR count). The van der Waals surface area contributed by atoms with Gasteiger partial charge in [0.1, 0.15) is 0 Å². The second kappa shape index (κ2) is 8.05. The maximum Gasteiger partial charge on any atom is 0.416 e. The molecule has 2 aliphatic rings. The van der Waals surface area contributed by atoms with Gasteiger partial charge in [-0.25, -0.2) is 0 Å². The molecule has 3 amide bonds. The van der Waals surface area contributed by atoms with E-state index in [2.05, 4.69) is 5.32 Å². The lowest BCUT2D eigenvalue weighted by Crippen LogP contribution is -2.28. The third kappa shape index (κ3) is 4.26. The molecule has 2 aromatic carbocycles. The van der Waals surface area contributed by atoms with Crippen LogP contribution in [0.4, 0.5) is 30.2 Å². The number of halogens is 3. The Morgan fingerprint density at radius 2 is 1.52 bits per heavy atom. The first-order chi connectivity index (χ1) is 14.7. The SMILES string of the molecule is O=C(Nc1cc(C(F)(F)F)ccc1N1CCCC1)c1ccc(N2C(=O)CCC2=O)cc1. The minimum absolute atomic E-state index is 0.0932. The molecule has 0 bridgehead atoms. The fourth-order valence-corrected chi connectivity index (χ4v) is 3.87. The van der Waals surface area contributed by atoms with Gasteiger partial charge in [-0.1, -0.05) is 0 Å². The van der Waals surface area contributed by atoms with Crippen LogP contribution in [-0.4, -0.2) is 30.8 Å². The summed E-state index contributed by atoms with van der Waals surface area (Å²) < 4.78 is 39.6. The van der Waals surface area contributed by atoms with Gasteiger partial charge in [-0.15, -0.1) is 0 Å². The van der Waals surface area contributed by atoms with Crippen LogP contribution in [0.3, 0.4) is 0 Å². The van der Waals surface area contributed by atoms with Crippen LogP contribution in [-0.2, 0) is 15.8 Å². The fraction of sp³-hybridized carbons (Fsp3) is 0.318. The zero-order valence-corrected chi connectivity index (χ0v) is 16.5. The lowest BCUT2D eigenvalue weighted by Gasteiger charge is -2.23. The predicted octanol–water partition coefficient (Wildman–Crippen LogP) is 4.21. The number of carbonyl (C=O) groups excluding carboxylic acids is 3. The van der Waals surface area contributed by atoms with Crippen LogP contribution < -0.4 is 15.1 Å². The van der Waals surface area contributed by atoms with E-state index in [0.717, 1.165) is 29.9 Å². The first kappa shape index (κ1) is 20.9. The molecule has 6 nitrogen and oxygen atoms in total. The molecule has 1 N–H and O–H groups in total. The van der Waals surface area contributed by atoms with Crippen molar-refractivity contribution in [3.05, 3.63) is 53.6 Å². The summed E-state index contributed by atoms with van der Waals surface area (Å²) in [6, 6.07) is 9.17. The number of hydrogen-bond donors (Lipinski definition) is 1. The molecule has 2 saturated heterocycles. The second-order valence-corrected chi connectivity index (χ2v) is 7.55. The number of hydrogen-bond acceptors (Lipinski definition) is 4. The predicted molar refractivity (Wildman–Crippen MR) is 109 cm³/mol. The highest BCUT2D eigenvalue weighted by atomic mass is 19.4. The van der Waals surface area contributed by atoms with Gasteiger partial charge >= 0.3 is 6.18 Å². The van der Waals surface area contributed by atoms with Gasteiger partial charge in [0.15, 0.2) is 0 Å². The van der Waals surface area contributed by atoms with Crippen molar-refractivity contribution < 1.29 is 27.6 Å². The number of carbonyl (C=O) groups is 3. The smallest absolute Gasteiger partial charge is 0.370 e. The zero-order valence-electron chi connectivity index (χ0n) is 16.5. The number of anilines is 3. The summed E-state index contributed by atoms with van der Waals surface area (Å²) in [5.74, 6) is -1.19. The Balaban J connectivity index is 1.58. The molecule has 2 heterocycles. The van der Waals surface area contributed by atoms with E-state index in [1.165, 1.54) is 30.3 Å². The lowest BCUT2D eigenvalue weighted by molar-refractivity contribution is -0.137. The average molecular weight is 431 g/mol. The minimum atomic E-state index is -4.53. The van der Waals surface area contributed by atoms with Gasteiger partial charge in [0.2, 0.25) is 11.8 Å². The van der Waals surface area contributed by atoms with Gasteiger partial charge in [-0.05, 0) is 55.3 Å². The number of nitrogens with zero attached hydrogens (tertiary/aromatic N) is 2. The van der Waals surface area contributed by atoms with Crippen molar-refractivity contribution in [2.24, 2.45) is 0 Å². The summed E-state index contributed by atoms with van der Waals surface area (Å²) in [5.41, 5.74) is 0.361. The van der Waals surface area contributed by atoms with Crippen LogP contribution in [0.25, 0.3) is 0 Å². The van der Waals surface area contributed by atoms with Gasteiger partial charge in [0.05, 0.1) is 22.6 Å². The molecule has 0 unspecified atom stereocenters. The Bertz CT molecular complexity index is 1010. The molecule has 0 atom stereocenters. The van der Waals surface area contributed by atoms with E-state index < -0.39 is 17.6 Å². The molecule has 0 radical (unpaired) electrons. The number of amides is 3. The number of rotatable bonds is 4. The molecule has 0 aromatic heterocycles. The molecule has 0 spiro atoms. The van der Waals surface area contributed by atoms with Crippen molar-refractivity contribution in [2.75, 3.05) is 28.2 Å². The van der Waals surface area contributed by atoms with Gasteiger partial charge in [-0.3, -0.25) is 19.3 Å². The highest BCUT2D eigenvalue weighted by molar-refractivity contribution is 6.20. The van der Waals surface area contributed by atoms with Crippen LogP contribution in [0.15, 0.2) is 42.5 Å². The molecule has 0 saturated carbocycles. The van der Waals surface area contributed by atoms with Crippen molar-refractivity contribution >= 4 is 34.8 Å². The van der Waals surface area contributed by atoms with Crippen molar-refractivity contribution in [3.63, 3.8) is 0 Å². The normalized spacial score (nSPS) is 16.9. The van der Waals surface area contributed by atoms with Crippen molar-refractivity contribution in [3.8, 4) is 0 Å². The monoisotopic (exact) mass is 431 g/mol. The zero-order chi connectivity index (χ0) is 22.2. The van der Waals surface area contributed by atoms with Gasteiger partial charge < -0.3 is 10.2 Å². The highest BCUT2D eigenvalue weighted by Crippen LogP contribution is 2.36. The van der Waals surface area contributed by atoms with E-state index in [1.807, 2.05) is 4.90 Å². The number of alkyl halides is 3. The maximum atomic E-state index is 13.2. The van der Waals surface area contributed by atoms with E-state index in [-0.39, 0.29) is 35.9 Å². The largest absolute Gasteiger partial charge is 0.416 e. The lowest BCUT2D eigenvalue weighted by atomic mass is 10.1. The van der Waals surface area contributed by atoms with E-state index >= 15 is 0 Å².